The highest BCUT2D eigenvalue weighted by Crippen LogP contribution is 2.32. The Morgan fingerprint density at radius 3 is 1.93 bits per heavy atom. The maximum atomic E-state index is 3.51. The van der Waals surface area contributed by atoms with Crippen LogP contribution >= 0.6 is 31.9 Å². The lowest BCUT2D eigenvalue weighted by Crippen LogP contribution is -1.91. The van der Waals surface area contributed by atoms with Crippen LogP contribution in [0.15, 0.2) is 57.5 Å². The summed E-state index contributed by atoms with van der Waals surface area (Å²) in [6.07, 6.45) is 0. The predicted molar refractivity (Wildman–Crippen MR) is 71.6 cm³/mol. The molecule has 1 N–H and O–H groups in total. The largest absolute Gasteiger partial charge is 0.354 e. The second kappa shape index (κ2) is 4.81. The average Bonchev–Trinajstić information content (AvgIpc) is 2.25. The Hall–Kier alpha value is -0.800. The number of rotatable bonds is 2. The van der Waals surface area contributed by atoms with Crippen molar-refractivity contribution in [3.8, 4) is 0 Å². The van der Waals surface area contributed by atoms with Gasteiger partial charge in [-0.15, -0.1) is 0 Å². The Morgan fingerprint density at radius 2 is 1.33 bits per heavy atom. The van der Waals surface area contributed by atoms with Crippen molar-refractivity contribution in [2.75, 3.05) is 5.32 Å². The fourth-order valence-electron chi connectivity index (χ4n) is 1.28. The Labute approximate surface area is 106 Å². The van der Waals surface area contributed by atoms with Gasteiger partial charge in [0.15, 0.2) is 0 Å². The van der Waals surface area contributed by atoms with Crippen LogP contribution in [0.4, 0.5) is 11.4 Å². The number of nitrogens with one attached hydrogen (secondary N) is 1. The zero-order valence-electron chi connectivity index (χ0n) is 7.87. The van der Waals surface area contributed by atoms with E-state index >= 15 is 0 Å². The minimum Gasteiger partial charge on any atom is -0.354 e. The van der Waals surface area contributed by atoms with Gasteiger partial charge in [-0.2, -0.15) is 0 Å². The summed E-state index contributed by atoms with van der Waals surface area (Å²) in [6, 6.07) is 16.1. The smallest absolute Gasteiger partial charge is 0.0673 e. The minimum absolute atomic E-state index is 1.04. The second-order valence-electron chi connectivity index (χ2n) is 3.09. The van der Waals surface area contributed by atoms with Crippen LogP contribution in [0, 0.1) is 0 Å². The average molecular weight is 327 g/mol. The van der Waals surface area contributed by atoms with E-state index in [0.717, 1.165) is 20.3 Å². The lowest BCUT2D eigenvalue weighted by molar-refractivity contribution is 1.50. The van der Waals surface area contributed by atoms with Crippen molar-refractivity contribution in [2.24, 2.45) is 0 Å². The van der Waals surface area contributed by atoms with Crippen molar-refractivity contribution in [1.82, 2.24) is 0 Å². The molecule has 0 aliphatic rings. The van der Waals surface area contributed by atoms with Crippen LogP contribution in [0.5, 0.6) is 0 Å². The van der Waals surface area contributed by atoms with E-state index in [-0.39, 0.29) is 0 Å². The summed E-state index contributed by atoms with van der Waals surface area (Å²) in [5.74, 6) is 0. The van der Waals surface area contributed by atoms with Crippen molar-refractivity contribution < 1.29 is 0 Å². The molecule has 0 bridgehead atoms. The van der Waals surface area contributed by atoms with Crippen LogP contribution in [0.2, 0.25) is 0 Å². The molecule has 76 valence electrons. The monoisotopic (exact) mass is 325 g/mol. The summed E-state index contributed by atoms with van der Waals surface area (Å²) in [7, 11) is 0. The summed E-state index contributed by atoms with van der Waals surface area (Å²) >= 11 is 7.02. The van der Waals surface area contributed by atoms with Crippen LogP contribution in [0.3, 0.4) is 0 Å². The molecule has 0 atom stereocenters. The Bertz CT molecular complexity index is 434. The van der Waals surface area contributed by atoms with Crippen molar-refractivity contribution in [3.05, 3.63) is 57.5 Å². The van der Waals surface area contributed by atoms with E-state index in [4.69, 9.17) is 0 Å². The van der Waals surface area contributed by atoms with Gasteiger partial charge < -0.3 is 5.32 Å². The van der Waals surface area contributed by atoms with Gasteiger partial charge in [0, 0.05) is 14.6 Å². The van der Waals surface area contributed by atoms with Gasteiger partial charge in [0.25, 0.3) is 0 Å². The molecular weight excluding hydrogens is 318 g/mol. The van der Waals surface area contributed by atoms with E-state index < -0.39 is 0 Å². The molecule has 0 aliphatic carbocycles. The summed E-state index contributed by atoms with van der Waals surface area (Å²) < 4.78 is 2.08. The molecule has 0 saturated carbocycles. The molecule has 2 aromatic rings. The lowest BCUT2D eigenvalue weighted by atomic mass is 10.3. The summed E-state index contributed by atoms with van der Waals surface area (Å²) in [5, 5.41) is 3.35. The van der Waals surface area contributed by atoms with E-state index in [1.807, 2.05) is 48.5 Å². The minimum atomic E-state index is 1.04. The van der Waals surface area contributed by atoms with Gasteiger partial charge >= 0.3 is 0 Å². The SMILES string of the molecule is Brc1cccc(Br)c1Nc1ccccc1. The highest BCUT2D eigenvalue weighted by Gasteiger charge is 2.03. The molecule has 0 saturated heterocycles. The van der Waals surface area contributed by atoms with E-state index in [2.05, 4.69) is 37.2 Å². The number of halogens is 2. The molecule has 0 unspecified atom stereocenters. The molecule has 1 nitrogen and oxygen atoms in total. The molecule has 0 fully saturated rings. The molecule has 2 aromatic carbocycles. The van der Waals surface area contributed by atoms with Gasteiger partial charge in [0.1, 0.15) is 0 Å². The van der Waals surface area contributed by atoms with Crippen molar-refractivity contribution in [1.29, 1.82) is 0 Å². The third kappa shape index (κ3) is 2.61. The third-order valence-corrected chi connectivity index (χ3v) is 3.33. The van der Waals surface area contributed by atoms with E-state index in [1.54, 1.807) is 0 Å². The van der Waals surface area contributed by atoms with Crippen LogP contribution in [-0.2, 0) is 0 Å². The molecular formula is C12H9Br2N. The van der Waals surface area contributed by atoms with Gasteiger partial charge in [-0.05, 0) is 56.1 Å². The molecule has 2 rings (SSSR count). The first kappa shape index (κ1) is 10.7. The van der Waals surface area contributed by atoms with Crippen LogP contribution in [-0.4, -0.2) is 0 Å². The Morgan fingerprint density at radius 1 is 0.733 bits per heavy atom. The van der Waals surface area contributed by atoms with Gasteiger partial charge in [0.2, 0.25) is 0 Å². The summed E-state index contributed by atoms with van der Waals surface area (Å²) in [6.45, 7) is 0. The number of hydrogen-bond donors (Lipinski definition) is 1. The fraction of sp³-hybridized carbons (Fsp3) is 0. The number of benzene rings is 2. The summed E-state index contributed by atoms with van der Waals surface area (Å²) in [5.41, 5.74) is 2.12. The van der Waals surface area contributed by atoms with E-state index in [9.17, 15) is 0 Å². The van der Waals surface area contributed by atoms with Gasteiger partial charge in [-0.3, -0.25) is 0 Å². The first-order valence-corrected chi connectivity index (χ1v) is 6.12. The number of anilines is 2. The van der Waals surface area contributed by atoms with Gasteiger partial charge in [0.05, 0.1) is 5.69 Å². The number of para-hydroxylation sites is 2. The maximum Gasteiger partial charge on any atom is 0.0673 e. The maximum absolute atomic E-state index is 3.51. The van der Waals surface area contributed by atoms with Gasteiger partial charge in [-0.1, -0.05) is 24.3 Å². The van der Waals surface area contributed by atoms with Crippen LogP contribution in [0.25, 0.3) is 0 Å². The van der Waals surface area contributed by atoms with E-state index in [0.29, 0.717) is 0 Å². The Kier molecular flexibility index (Phi) is 3.44. The zero-order chi connectivity index (χ0) is 10.7. The normalized spacial score (nSPS) is 10.0. The predicted octanol–water partition coefficient (Wildman–Crippen LogP) is 4.96. The molecule has 0 amide bonds. The van der Waals surface area contributed by atoms with E-state index in [1.165, 1.54) is 0 Å². The van der Waals surface area contributed by atoms with Crippen molar-refractivity contribution in [2.45, 2.75) is 0 Å². The third-order valence-electron chi connectivity index (χ3n) is 2.01. The highest BCUT2D eigenvalue weighted by atomic mass is 79.9. The number of hydrogen-bond acceptors (Lipinski definition) is 1. The van der Waals surface area contributed by atoms with Crippen molar-refractivity contribution in [3.63, 3.8) is 0 Å². The second-order valence-corrected chi connectivity index (χ2v) is 4.80. The summed E-state index contributed by atoms with van der Waals surface area (Å²) in [4.78, 5) is 0. The Balaban J connectivity index is 2.32. The van der Waals surface area contributed by atoms with Crippen LogP contribution < -0.4 is 5.32 Å². The molecule has 0 radical (unpaired) electrons. The molecule has 15 heavy (non-hydrogen) atoms. The zero-order valence-corrected chi connectivity index (χ0v) is 11.0. The molecule has 0 aromatic heterocycles. The molecule has 0 aliphatic heterocycles. The highest BCUT2D eigenvalue weighted by molar-refractivity contribution is 9.11. The van der Waals surface area contributed by atoms with Crippen LogP contribution in [0.1, 0.15) is 0 Å². The molecule has 0 spiro atoms. The van der Waals surface area contributed by atoms with Gasteiger partial charge in [-0.25, -0.2) is 0 Å². The fourth-order valence-corrected chi connectivity index (χ4v) is 2.48. The van der Waals surface area contributed by atoms with Crippen molar-refractivity contribution >= 4 is 43.2 Å². The first-order valence-electron chi connectivity index (χ1n) is 4.53. The standard InChI is InChI=1S/C12H9Br2N/c13-10-7-4-8-11(14)12(10)15-9-5-2-1-3-6-9/h1-8,15H. The molecule has 3 heteroatoms. The first-order chi connectivity index (χ1) is 7.27. The lowest BCUT2D eigenvalue weighted by Gasteiger charge is -2.10. The molecule has 0 heterocycles. The quantitative estimate of drug-likeness (QED) is 0.822. The topological polar surface area (TPSA) is 12.0 Å².